The lowest BCUT2D eigenvalue weighted by Gasteiger charge is -2.53. The van der Waals surface area contributed by atoms with Gasteiger partial charge in [0.05, 0.1) is 22.5 Å². The van der Waals surface area contributed by atoms with Crippen LogP contribution in [0.1, 0.15) is 55.5 Å². The van der Waals surface area contributed by atoms with Gasteiger partial charge in [-0.3, -0.25) is 9.89 Å². The van der Waals surface area contributed by atoms with E-state index in [0.29, 0.717) is 12.4 Å². The highest BCUT2D eigenvalue weighted by molar-refractivity contribution is 8.33. The Labute approximate surface area is 192 Å². The van der Waals surface area contributed by atoms with Crippen LogP contribution in [-0.4, -0.2) is 50.5 Å². The summed E-state index contributed by atoms with van der Waals surface area (Å²) in [6.45, 7) is 8.41. The summed E-state index contributed by atoms with van der Waals surface area (Å²) in [5.41, 5.74) is 4.17. The standard InChI is InChI=1S/C24H35N5O2S/c1-15-9-10-18(16(2)13-15)25-22(31)29-14-17-19(23(29,3)4)27-28-20(17)26-21(30)24(11-8-12-24)32(5,6)7/h9-10,13H,8,11-12,14H2,1-7H3,(H,25,31)(H2,26,27,28,30). The molecule has 0 radical (unpaired) electrons. The molecule has 0 bridgehead atoms. The van der Waals surface area contributed by atoms with Crippen molar-refractivity contribution >= 4 is 33.5 Å². The maximum Gasteiger partial charge on any atom is 0.322 e. The van der Waals surface area contributed by atoms with Crippen LogP contribution in [0.5, 0.6) is 0 Å². The zero-order valence-electron chi connectivity index (χ0n) is 20.2. The first-order valence-electron chi connectivity index (χ1n) is 11.1. The van der Waals surface area contributed by atoms with Crippen molar-refractivity contribution in [1.29, 1.82) is 0 Å². The van der Waals surface area contributed by atoms with Crippen molar-refractivity contribution in [3.63, 3.8) is 0 Å². The van der Waals surface area contributed by atoms with Crippen LogP contribution in [0.25, 0.3) is 0 Å². The van der Waals surface area contributed by atoms with E-state index in [4.69, 9.17) is 0 Å². The summed E-state index contributed by atoms with van der Waals surface area (Å²) >= 11 is 0. The number of aryl methyl sites for hydroxylation is 2. The molecule has 0 atom stereocenters. The Morgan fingerprint density at radius 2 is 1.81 bits per heavy atom. The molecular weight excluding hydrogens is 422 g/mol. The van der Waals surface area contributed by atoms with Crippen molar-refractivity contribution in [2.75, 3.05) is 29.4 Å². The lowest BCUT2D eigenvalue weighted by Crippen LogP contribution is -2.51. The van der Waals surface area contributed by atoms with Gasteiger partial charge in [0, 0.05) is 11.3 Å². The summed E-state index contributed by atoms with van der Waals surface area (Å²) in [6.07, 6.45) is 9.59. The third-order valence-electron chi connectivity index (χ3n) is 7.32. The number of aromatic amines is 1. The van der Waals surface area contributed by atoms with E-state index in [1.54, 1.807) is 4.90 Å². The highest BCUT2D eigenvalue weighted by Gasteiger charge is 2.51. The first-order chi connectivity index (χ1) is 14.9. The van der Waals surface area contributed by atoms with Gasteiger partial charge in [0.25, 0.3) is 0 Å². The highest BCUT2D eigenvalue weighted by atomic mass is 32.3. The van der Waals surface area contributed by atoms with E-state index in [2.05, 4.69) is 45.7 Å². The molecule has 2 aromatic rings. The highest BCUT2D eigenvalue weighted by Crippen LogP contribution is 2.60. The van der Waals surface area contributed by atoms with Gasteiger partial charge in [-0.05, 0) is 77.4 Å². The molecule has 0 spiro atoms. The monoisotopic (exact) mass is 457 g/mol. The summed E-state index contributed by atoms with van der Waals surface area (Å²) in [6, 6.07) is 5.81. The molecule has 1 aliphatic heterocycles. The molecular formula is C24H35N5O2S. The maximum atomic E-state index is 13.3. The molecule has 2 heterocycles. The van der Waals surface area contributed by atoms with Crippen molar-refractivity contribution in [3.8, 4) is 0 Å². The number of nitrogens with zero attached hydrogens (tertiary/aromatic N) is 2. The predicted octanol–water partition coefficient (Wildman–Crippen LogP) is 4.86. The number of H-pyrrole nitrogens is 1. The maximum absolute atomic E-state index is 13.3. The number of aromatic nitrogens is 2. The Kier molecular flexibility index (Phi) is 5.35. The van der Waals surface area contributed by atoms with Gasteiger partial charge < -0.3 is 15.5 Å². The van der Waals surface area contributed by atoms with Gasteiger partial charge in [0.15, 0.2) is 5.82 Å². The zero-order valence-corrected chi connectivity index (χ0v) is 21.0. The molecule has 1 aliphatic carbocycles. The SMILES string of the molecule is Cc1ccc(NC(=O)N2Cc3c(NC(=O)C4(S(C)(C)C)CCC4)n[nH]c3C2(C)C)c(C)c1. The number of benzene rings is 1. The topological polar surface area (TPSA) is 90.1 Å². The fourth-order valence-electron chi connectivity index (χ4n) is 4.92. The summed E-state index contributed by atoms with van der Waals surface area (Å²) in [4.78, 5) is 28.3. The first kappa shape index (κ1) is 22.7. The van der Waals surface area contributed by atoms with Crippen LogP contribution in [0.3, 0.4) is 0 Å². The molecule has 1 fully saturated rings. The Balaban J connectivity index is 1.54. The van der Waals surface area contributed by atoms with Crippen LogP contribution in [0.4, 0.5) is 16.3 Å². The van der Waals surface area contributed by atoms with E-state index in [-0.39, 0.29) is 16.7 Å². The Bertz CT molecular complexity index is 1080. The average molecular weight is 458 g/mol. The fraction of sp³-hybridized carbons (Fsp3) is 0.542. The number of amides is 3. The molecule has 4 rings (SSSR count). The quantitative estimate of drug-likeness (QED) is 0.612. The number of carbonyl (C=O) groups is 2. The number of carbonyl (C=O) groups excluding carboxylic acids is 2. The molecule has 3 N–H and O–H groups in total. The summed E-state index contributed by atoms with van der Waals surface area (Å²) < 4.78 is -0.285. The normalized spacial score (nSPS) is 19.2. The molecule has 1 aromatic carbocycles. The second-order valence-electron chi connectivity index (χ2n) is 10.5. The number of urea groups is 1. The third-order valence-corrected chi connectivity index (χ3v) is 10.3. The number of hydrogen-bond donors (Lipinski definition) is 3. The predicted molar refractivity (Wildman–Crippen MR) is 133 cm³/mol. The fourth-order valence-corrected chi connectivity index (χ4v) is 7.04. The van der Waals surface area contributed by atoms with Crippen LogP contribution in [0, 0.1) is 13.8 Å². The largest absolute Gasteiger partial charge is 0.322 e. The Morgan fingerprint density at radius 3 is 2.38 bits per heavy atom. The summed E-state index contributed by atoms with van der Waals surface area (Å²) in [5.74, 6) is 0.617. The van der Waals surface area contributed by atoms with Gasteiger partial charge in [-0.15, -0.1) is 0 Å². The van der Waals surface area contributed by atoms with Gasteiger partial charge >= 0.3 is 6.03 Å². The first-order valence-corrected chi connectivity index (χ1v) is 14.0. The minimum atomic E-state index is -1.06. The van der Waals surface area contributed by atoms with E-state index in [9.17, 15) is 9.59 Å². The van der Waals surface area contributed by atoms with E-state index < -0.39 is 15.6 Å². The molecule has 2 aliphatic rings. The van der Waals surface area contributed by atoms with Crippen molar-refractivity contribution in [2.45, 2.75) is 63.8 Å². The van der Waals surface area contributed by atoms with E-state index in [1.807, 2.05) is 39.8 Å². The zero-order chi connectivity index (χ0) is 23.5. The molecule has 1 aromatic heterocycles. The molecule has 0 saturated heterocycles. The van der Waals surface area contributed by atoms with Crippen LogP contribution in [-0.2, 0) is 16.9 Å². The average Bonchev–Trinajstić information content (AvgIpc) is 3.13. The van der Waals surface area contributed by atoms with Crippen molar-refractivity contribution in [2.24, 2.45) is 0 Å². The smallest absolute Gasteiger partial charge is 0.309 e. The van der Waals surface area contributed by atoms with Gasteiger partial charge in [-0.2, -0.15) is 5.10 Å². The van der Waals surface area contributed by atoms with Crippen LogP contribution >= 0.6 is 10.0 Å². The molecule has 0 unspecified atom stereocenters. The van der Waals surface area contributed by atoms with Crippen LogP contribution in [0.15, 0.2) is 18.2 Å². The third kappa shape index (κ3) is 3.49. The Hall–Kier alpha value is -2.48. The molecule has 32 heavy (non-hydrogen) atoms. The number of nitrogens with one attached hydrogen (secondary N) is 3. The molecule has 174 valence electrons. The van der Waals surface area contributed by atoms with Gasteiger partial charge in [0.2, 0.25) is 5.91 Å². The Morgan fingerprint density at radius 1 is 1.12 bits per heavy atom. The van der Waals surface area contributed by atoms with E-state index >= 15 is 0 Å². The minimum Gasteiger partial charge on any atom is -0.309 e. The van der Waals surface area contributed by atoms with Crippen LogP contribution in [0.2, 0.25) is 0 Å². The van der Waals surface area contributed by atoms with Crippen molar-refractivity contribution < 1.29 is 9.59 Å². The summed E-state index contributed by atoms with van der Waals surface area (Å²) in [7, 11) is -1.06. The molecule has 7 nitrogen and oxygen atoms in total. The summed E-state index contributed by atoms with van der Waals surface area (Å²) in [5, 5.41) is 13.7. The van der Waals surface area contributed by atoms with Crippen molar-refractivity contribution in [1.82, 2.24) is 15.1 Å². The molecule has 8 heteroatoms. The second-order valence-corrected chi connectivity index (χ2v) is 14.9. The van der Waals surface area contributed by atoms with Gasteiger partial charge in [-0.1, -0.05) is 17.7 Å². The molecule has 3 amide bonds. The second kappa shape index (κ2) is 7.54. The van der Waals surface area contributed by atoms with Gasteiger partial charge in [-0.25, -0.2) is 14.8 Å². The van der Waals surface area contributed by atoms with Crippen LogP contribution < -0.4 is 10.6 Å². The lowest BCUT2D eigenvalue weighted by atomic mass is 9.83. The van der Waals surface area contributed by atoms with Crippen molar-refractivity contribution in [3.05, 3.63) is 40.6 Å². The number of hydrogen-bond acceptors (Lipinski definition) is 3. The minimum absolute atomic E-state index is 0.0662. The lowest BCUT2D eigenvalue weighted by molar-refractivity contribution is -0.120. The number of rotatable bonds is 4. The number of anilines is 2. The number of fused-ring (bicyclic) bond motifs is 1. The van der Waals surface area contributed by atoms with E-state index in [0.717, 1.165) is 47.3 Å². The van der Waals surface area contributed by atoms with Gasteiger partial charge in [0.1, 0.15) is 0 Å². The molecule has 1 saturated carbocycles. The van der Waals surface area contributed by atoms with E-state index in [1.165, 1.54) is 0 Å².